The van der Waals surface area contributed by atoms with E-state index in [4.69, 9.17) is 9.47 Å². The third-order valence-electron chi connectivity index (χ3n) is 3.52. The first-order valence-electron chi connectivity index (χ1n) is 6.04. The van der Waals surface area contributed by atoms with E-state index in [1.54, 1.807) is 14.2 Å². The Kier molecular flexibility index (Phi) is 3.57. The van der Waals surface area contributed by atoms with Crippen molar-refractivity contribution in [2.75, 3.05) is 14.2 Å². The van der Waals surface area contributed by atoms with Gasteiger partial charge in [0.15, 0.2) is 11.5 Å². The number of allylic oxidation sites excluding steroid dienone is 2. The Balaban J connectivity index is 2.44. The molecule has 0 bridgehead atoms. The van der Waals surface area contributed by atoms with Crippen LogP contribution in [0.2, 0.25) is 0 Å². The minimum atomic E-state index is -0.422. The smallest absolute Gasteiger partial charge is 0.161 e. The van der Waals surface area contributed by atoms with Crippen LogP contribution in [0.4, 0.5) is 0 Å². The van der Waals surface area contributed by atoms with Crippen molar-refractivity contribution in [1.29, 1.82) is 5.26 Å². The molecule has 0 saturated carbocycles. The van der Waals surface area contributed by atoms with Gasteiger partial charge in [0.2, 0.25) is 0 Å². The summed E-state index contributed by atoms with van der Waals surface area (Å²) in [5.41, 5.74) is 0.584. The highest BCUT2D eigenvalue weighted by Gasteiger charge is 2.32. The van der Waals surface area contributed by atoms with Crippen molar-refractivity contribution in [3.05, 3.63) is 35.9 Å². The molecular weight excluding hydrogens is 226 g/mol. The van der Waals surface area contributed by atoms with Gasteiger partial charge in [0, 0.05) is 0 Å². The molecule has 0 fully saturated rings. The molecule has 3 heteroatoms. The van der Waals surface area contributed by atoms with Gasteiger partial charge < -0.3 is 9.47 Å². The van der Waals surface area contributed by atoms with Gasteiger partial charge in [-0.1, -0.05) is 18.2 Å². The predicted molar refractivity (Wildman–Crippen MR) is 69.8 cm³/mol. The summed E-state index contributed by atoms with van der Waals surface area (Å²) in [5.74, 6) is 1.37. The zero-order valence-corrected chi connectivity index (χ0v) is 10.8. The van der Waals surface area contributed by atoms with E-state index in [0.717, 1.165) is 24.8 Å². The fourth-order valence-electron chi connectivity index (χ4n) is 2.40. The van der Waals surface area contributed by atoms with Gasteiger partial charge in [-0.05, 0) is 37.0 Å². The van der Waals surface area contributed by atoms with Crippen molar-refractivity contribution < 1.29 is 9.47 Å². The topological polar surface area (TPSA) is 42.2 Å². The maximum absolute atomic E-state index is 9.53. The molecule has 0 spiro atoms. The molecule has 0 aliphatic heterocycles. The first kappa shape index (κ1) is 12.5. The van der Waals surface area contributed by atoms with Crippen LogP contribution in [-0.2, 0) is 5.41 Å². The normalized spacial score (nSPS) is 22.3. The van der Waals surface area contributed by atoms with Crippen molar-refractivity contribution >= 4 is 0 Å². The molecule has 1 aromatic rings. The molecular formula is C15H17NO2. The second-order valence-electron chi connectivity index (χ2n) is 4.48. The molecule has 1 aliphatic rings. The number of nitrogens with zero attached hydrogens (tertiary/aromatic N) is 1. The third-order valence-corrected chi connectivity index (χ3v) is 3.52. The Morgan fingerprint density at radius 3 is 2.50 bits per heavy atom. The lowest BCUT2D eigenvalue weighted by Crippen LogP contribution is -2.25. The summed E-state index contributed by atoms with van der Waals surface area (Å²) in [7, 11) is 3.22. The monoisotopic (exact) mass is 243 g/mol. The van der Waals surface area contributed by atoms with Gasteiger partial charge in [-0.15, -0.1) is 0 Å². The van der Waals surface area contributed by atoms with Crippen LogP contribution in [0.1, 0.15) is 24.8 Å². The van der Waals surface area contributed by atoms with Crippen molar-refractivity contribution in [1.82, 2.24) is 0 Å². The quantitative estimate of drug-likeness (QED) is 0.765. The first-order chi connectivity index (χ1) is 8.75. The van der Waals surface area contributed by atoms with E-state index >= 15 is 0 Å². The molecule has 0 amide bonds. The van der Waals surface area contributed by atoms with Gasteiger partial charge in [0.05, 0.1) is 25.7 Å². The number of methoxy groups -OCH3 is 2. The molecule has 94 valence electrons. The van der Waals surface area contributed by atoms with Crippen LogP contribution in [0.15, 0.2) is 30.4 Å². The third kappa shape index (κ3) is 2.06. The van der Waals surface area contributed by atoms with Crippen molar-refractivity contribution in [2.24, 2.45) is 0 Å². The fourth-order valence-corrected chi connectivity index (χ4v) is 2.40. The van der Waals surface area contributed by atoms with E-state index in [2.05, 4.69) is 18.2 Å². The molecule has 0 radical (unpaired) electrons. The SMILES string of the molecule is COc1ccc([C@]2(C#N)CC=CCC2)cc1OC. The van der Waals surface area contributed by atoms with E-state index in [9.17, 15) is 5.26 Å². The van der Waals surface area contributed by atoms with E-state index in [1.807, 2.05) is 18.2 Å². The standard InChI is InChI=1S/C15H17NO2/c1-17-13-7-6-12(10-14(13)18-2)15(11-16)8-4-3-5-9-15/h3-4,6-7,10H,5,8-9H2,1-2H3/t15-/m1/s1. The average molecular weight is 243 g/mol. The van der Waals surface area contributed by atoms with Crippen LogP contribution in [0.3, 0.4) is 0 Å². The maximum atomic E-state index is 9.53. The molecule has 0 aromatic heterocycles. The Hall–Kier alpha value is -1.95. The number of hydrogen-bond acceptors (Lipinski definition) is 3. The number of nitriles is 1. The van der Waals surface area contributed by atoms with Crippen LogP contribution >= 0.6 is 0 Å². The van der Waals surface area contributed by atoms with E-state index < -0.39 is 5.41 Å². The molecule has 0 unspecified atom stereocenters. The van der Waals surface area contributed by atoms with E-state index in [1.165, 1.54) is 0 Å². The highest BCUT2D eigenvalue weighted by atomic mass is 16.5. The number of rotatable bonds is 3. The van der Waals surface area contributed by atoms with Gasteiger partial charge in [0.1, 0.15) is 0 Å². The second kappa shape index (κ2) is 5.14. The highest BCUT2D eigenvalue weighted by molar-refractivity contribution is 5.47. The molecule has 1 atom stereocenters. The lowest BCUT2D eigenvalue weighted by atomic mass is 9.73. The number of hydrogen-bond donors (Lipinski definition) is 0. The Morgan fingerprint density at radius 2 is 1.94 bits per heavy atom. The summed E-state index contributed by atoms with van der Waals surface area (Å²) in [6.45, 7) is 0. The summed E-state index contributed by atoms with van der Waals surface area (Å²) in [5, 5.41) is 9.53. The summed E-state index contributed by atoms with van der Waals surface area (Å²) in [6.07, 6.45) is 6.79. The summed E-state index contributed by atoms with van der Waals surface area (Å²) < 4.78 is 10.5. The van der Waals surface area contributed by atoms with Gasteiger partial charge in [0.25, 0.3) is 0 Å². The zero-order chi connectivity index (χ0) is 13.0. The van der Waals surface area contributed by atoms with Crippen LogP contribution in [0.5, 0.6) is 11.5 Å². The molecule has 0 saturated heterocycles. The van der Waals surface area contributed by atoms with Crippen molar-refractivity contribution in [3.8, 4) is 17.6 Å². The van der Waals surface area contributed by atoms with Gasteiger partial charge in [-0.2, -0.15) is 5.26 Å². The molecule has 1 aromatic carbocycles. The largest absolute Gasteiger partial charge is 0.493 e. The first-order valence-corrected chi connectivity index (χ1v) is 6.04. The fraction of sp³-hybridized carbons (Fsp3) is 0.400. The molecule has 1 aliphatic carbocycles. The Bertz CT molecular complexity index is 502. The molecule has 0 heterocycles. The van der Waals surface area contributed by atoms with Crippen molar-refractivity contribution in [2.45, 2.75) is 24.7 Å². The summed E-state index contributed by atoms with van der Waals surface area (Å²) in [4.78, 5) is 0. The van der Waals surface area contributed by atoms with Crippen LogP contribution < -0.4 is 9.47 Å². The highest BCUT2D eigenvalue weighted by Crippen LogP contribution is 2.39. The van der Waals surface area contributed by atoms with Gasteiger partial charge in [-0.25, -0.2) is 0 Å². The van der Waals surface area contributed by atoms with Crippen LogP contribution in [-0.4, -0.2) is 14.2 Å². The van der Waals surface area contributed by atoms with Crippen LogP contribution in [0.25, 0.3) is 0 Å². The minimum absolute atomic E-state index is 0.422. The maximum Gasteiger partial charge on any atom is 0.161 e. The average Bonchev–Trinajstić information content (AvgIpc) is 2.47. The lowest BCUT2D eigenvalue weighted by molar-refractivity contribution is 0.353. The zero-order valence-electron chi connectivity index (χ0n) is 10.8. The Morgan fingerprint density at radius 1 is 1.17 bits per heavy atom. The van der Waals surface area contributed by atoms with E-state index in [-0.39, 0.29) is 0 Å². The Labute approximate surface area is 108 Å². The molecule has 18 heavy (non-hydrogen) atoms. The van der Waals surface area contributed by atoms with Crippen LogP contribution in [0, 0.1) is 11.3 Å². The van der Waals surface area contributed by atoms with Gasteiger partial charge in [-0.3, -0.25) is 0 Å². The second-order valence-corrected chi connectivity index (χ2v) is 4.48. The minimum Gasteiger partial charge on any atom is -0.493 e. The molecule has 0 N–H and O–H groups in total. The lowest BCUT2D eigenvalue weighted by Gasteiger charge is -2.28. The summed E-state index contributed by atoms with van der Waals surface area (Å²) in [6, 6.07) is 8.22. The predicted octanol–water partition coefficient (Wildman–Crippen LogP) is 3.21. The van der Waals surface area contributed by atoms with Gasteiger partial charge >= 0.3 is 0 Å². The molecule has 3 nitrogen and oxygen atoms in total. The molecule has 2 rings (SSSR count). The number of benzene rings is 1. The van der Waals surface area contributed by atoms with Crippen molar-refractivity contribution in [3.63, 3.8) is 0 Å². The summed E-state index contributed by atoms with van der Waals surface area (Å²) >= 11 is 0. The number of ether oxygens (including phenoxy) is 2. The van der Waals surface area contributed by atoms with E-state index in [0.29, 0.717) is 11.5 Å².